The number of rotatable bonds is 4. The van der Waals surface area contributed by atoms with Crippen LogP contribution in [0.2, 0.25) is 0 Å². The molecule has 0 aliphatic carbocycles. The zero-order chi connectivity index (χ0) is 21.9. The van der Waals surface area contributed by atoms with Gasteiger partial charge in [-0.25, -0.2) is 18.2 Å². The van der Waals surface area contributed by atoms with Crippen LogP contribution in [-0.2, 0) is 19.5 Å². The van der Waals surface area contributed by atoms with Crippen LogP contribution in [0.15, 0.2) is 18.3 Å². The highest BCUT2D eigenvalue weighted by Crippen LogP contribution is 2.35. The maximum absolute atomic E-state index is 13.6. The molecule has 2 aliphatic heterocycles. The van der Waals surface area contributed by atoms with E-state index >= 15 is 0 Å². The van der Waals surface area contributed by atoms with E-state index in [0.717, 1.165) is 22.7 Å². The Labute approximate surface area is 178 Å². The van der Waals surface area contributed by atoms with Crippen molar-refractivity contribution in [2.45, 2.75) is 32.0 Å². The van der Waals surface area contributed by atoms with Crippen molar-refractivity contribution in [2.24, 2.45) is 0 Å². The van der Waals surface area contributed by atoms with Crippen molar-refractivity contribution in [1.82, 2.24) is 19.4 Å². The Hall–Kier alpha value is -2.99. The maximum atomic E-state index is 13.6. The number of imidazole rings is 1. The number of halogens is 3. The molecule has 2 aromatic heterocycles. The van der Waals surface area contributed by atoms with Gasteiger partial charge < -0.3 is 14.9 Å². The molecule has 3 aromatic rings. The molecule has 0 radical (unpaired) electrons. The molecule has 2 aliphatic rings. The molecule has 0 N–H and O–H groups in total. The number of ether oxygens (including phenoxy) is 1. The molecule has 31 heavy (non-hydrogen) atoms. The summed E-state index contributed by atoms with van der Waals surface area (Å²) >= 11 is 1.32. The standard InChI is InChI=1S/C19H16F3N5O3S/c1-19(9-26-7-15(27(28)29)24-18(26)30-19)8-25-3-2-13-14(6-25)31-17(23-13)10-4-11(20)16(22)12(21)5-10/h4-5,7H,2-3,6,8-9H2,1H3/t19-/m0/s1. The third kappa shape index (κ3) is 3.55. The van der Waals surface area contributed by atoms with Gasteiger partial charge in [0.25, 0.3) is 0 Å². The van der Waals surface area contributed by atoms with E-state index < -0.39 is 28.0 Å². The number of fused-ring (bicyclic) bond motifs is 2. The molecule has 0 fully saturated rings. The molecular weight excluding hydrogens is 435 g/mol. The van der Waals surface area contributed by atoms with Gasteiger partial charge in [-0.2, -0.15) is 0 Å². The second-order valence-corrected chi connectivity index (χ2v) is 9.01. The number of aromatic nitrogens is 3. The van der Waals surface area contributed by atoms with Crippen LogP contribution in [-0.4, -0.2) is 43.0 Å². The van der Waals surface area contributed by atoms with Crippen molar-refractivity contribution in [3.05, 3.63) is 56.5 Å². The summed E-state index contributed by atoms with van der Waals surface area (Å²) in [4.78, 5) is 21.8. The highest BCUT2D eigenvalue weighted by atomic mass is 32.1. The highest BCUT2D eigenvalue weighted by molar-refractivity contribution is 7.15. The fourth-order valence-electron chi connectivity index (χ4n) is 4.02. The van der Waals surface area contributed by atoms with Crippen molar-refractivity contribution < 1.29 is 22.8 Å². The van der Waals surface area contributed by atoms with Gasteiger partial charge in [-0.05, 0) is 24.0 Å². The quantitative estimate of drug-likeness (QED) is 0.343. The van der Waals surface area contributed by atoms with E-state index in [-0.39, 0.29) is 17.4 Å². The molecule has 0 bridgehead atoms. The summed E-state index contributed by atoms with van der Waals surface area (Å²) in [5.41, 5.74) is 0.481. The minimum Gasteiger partial charge on any atom is -0.436 e. The second-order valence-electron chi connectivity index (χ2n) is 7.92. The predicted octanol–water partition coefficient (Wildman–Crippen LogP) is 3.54. The Balaban J connectivity index is 1.30. The van der Waals surface area contributed by atoms with Crippen molar-refractivity contribution in [3.63, 3.8) is 0 Å². The van der Waals surface area contributed by atoms with Gasteiger partial charge in [0.1, 0.15) is 16.8 Å². The first kappa shape index (κ1) is 19.9. The maximum Gasteiger partial charge on any atom is 0.415 e. The number of nitrogens with zero attached hydrogens (tertiary/aromatic N) is 5. The SMILES string of the molecule is C[C@]1(CN2CCc3nc(-c4cc(F)c(F)c(F)c4)sc3C2)Cn2cc([N+](=O)[O-])nc2O1. The Morgan fingerprint density at radius 1 is 1.29 bits per heavy atom. The third-order valence-electron chi connectivity index (χ3n) is 5.36. The van der Waals surface area contributed by atoms with E-state index in [0.29, 0.717) is 37.6 Å². The summed E-state index contributed by atoms with van der Waals surface area (Å²) in [6.45, 7) is 4.22. The van der Waals surface area contributed by atoms with Gasteiger partial charge in [0.15, 0.2) is 17.5 Å². The molecule has 162 valence electrons. The Morgan fingerprint density at radius 2 is 2.03 bits per heavy atom. The van der Waals surface area contributed by atoms with Crippen LogP contribution in [0.5, 0.6) is 6.01 Å². The number of nitro groups is 1. The smallest absolute Gasteiger partial charge is 0.415 e. The number of hydrogen-bond donors (Lipinski definition) is 0. The number of hydrogen-bond acceptors (Lipinski definition) is 7. The predicted molar refractivity (Wildman–Crippen MR) is 104 cm³/mol. The van der Waals surface area contributed by atoms with Crippen LogP contribution >= 0.6 is 11.3 Å². The summed E-state index contributed by atoms with van der Waals surface area (Å²) in [6.07, 6.45) is 2.02. The van der Waals surface area contributed by atoms with Crippen LogP contribution in [0.3, 0.4) is 0 Å². The molecule has 1 atom stereocenters. The zero-order valence-electron chi connectivity index (χ0n) is 16.3. The minimum atomic E-state index is -1.49. The van der Waals surface area contributed by atoms with Crippen molar-refractivity contribution >= 4 is 17.2 Å². The molecule has 0 saturated heterocycles. The number of benzene rings is 1. The minimum absolute atomic E-state index is 0.209. The molecule has 0 unspecified atom stereocenters. The van der Waals surface area contributed by atoms with Gasteiger partial charge in [0.2, 0.25) is 0 Å². The van der Waals surface area contributed by atoms with E-state index in [1.54, 1.807) is 4.57 Å². The first-order valence-corrected chi connectivity index (χ1v) is 10.3. The molecule has 12 heteroatoms. The lowest BCUT2D eigenvalue weighted by atomic mass is 10.0. The Morgan fingerprint density at radius 3 is 2.71 bits per heavy atom. The van der Waals surface area contributed by atoms with Crippen molar-refractivity contribution in [1.29, 1.82) is 0 Å². The van der Waals surface area contributed by atoms with Crippen LogP contribution in [0.25, 0.3) is 10.6 Å². The highest BCUT2D eigenvalue weighted by Gasteiger charge is 2.42. The molecule has 8 nitrogen and oxygen atoms in total. The van der Waals surface area contributed by atoms with Gasteiger partial charge in [0, 0.05) is 41.5 Å². The summed E-state index contributed by atoms with van der Waals surface area (Å²) in [5, 5.41) is 11.3. The molecule has 0 spiro atoms. The molecule has 1 aromatic carbocycles. The zero-order valence-corrected chi connectivity index (χ0v) is 17.1. The molecule has 5 rings (SSSR count). The topological polar surface area (TPSA) is 86.3 Å². The molecular formula is C19H16F3N5O3S. The van der Waals surface area contributed by atoms with Crippen LogP contribution in [0, 0.1) is 27.6 Å². The van der Waals surface area contributed by atoms with Crippen LogP contribution in [0.4, 0.5) is 19.0 Å². The second kappa shape index (κ2) is 7.02. The van der Waals surface area contributed by atoms with E-state index in [1.807, 2.05) is 6.92 Å². The lowest BCUT2D eigenvalue weighted by Gasteiger charge is -2.32. The Bertz CT molecular complexity index is 1160. The van der Waals surface area contributed by atoms with Crippen molar-refractivity contribution in [3.8, 4) is 16.6 Å². The summed E-state index contributed by atoms with van der Waals surface area (Å²) in [6, 6.07) is 2.13. The van der Waals surface area contributed by atoms with Gasteiger partial charge >= 0.3 is 11.8 Å². The monoisotopic (exact) mass is 451 g/mol. The van der Waals surface area contributed by atoms with Crippen LogP contribution < -0.4 is 4.74 Å². The molecule has 0 amide bonds. The van der Waals surface area contributed by atoms with Gasteiger partial charge in [-0.3, -0.25) is 9.47 Å². The van der Waals surface area contributed by atoms with E-state index in [1.165, 1.54) is 17.5 Å². The molecule has 4 heterocycles. The summed E-state index contributed by atoms with van der Waals surface area (Å²) in [7, 11) is 0. The van der Waals surface area contributed by atoms with E-state index in [2.05, 4.69) is 14.9 Å². The van der Waals surface area contributed by atoms with Gasteiger partial charge in [-0.15, -0.1) is 11.3 Å². The lowest BCUT2D eigenvalue weighted by Crippen LogP contribution is -2.46. The third-order valence-corrected chi connectivity index (χ3v) is 6.49. The average molecular weight is 451 g/mol. The average Bonchev–Trinajstić information content (AvgIpc) is 3.36. The molecule has 0 saturated carbocycles. The van der Waals surface area contributed by atoms with E-state index in [4.69, 9.17) is 4.74 Å². The normalized spacial score (nSPS) is 20.4. The first-order valence-electron chi connectivity index (χ1n) is 9.47. The fourth-order valence-corrected chi connectivity index (χ4v) is 5.16. The van der Waals surface area contributed by atoms with Crippen molar-refractivity contribution in [2.75, 3.05) is 13.1 Å². The van der Waals surface area contributed by atoms with Gasteiger partial charge in [0.05, 0.1) is 12.2 Å². The first-order chi connectivity index (χ1) is 14.7. The summed E-state index contributed by atoms with van der Waals surface area (Å²) in [5.74, 6) is -4.22. The fraction of sp³-hybridized carbons (Fsp3) is 0.368. The summed E-state index contributed by atoms with van der Waals surface area (Å²) < 4.78 is 48.0. The number of thiazole rings is 1. The van der Waals surface area contributed by atoms with E-state index in [9.17, 15) is 23.3 Å². The van der Waals surface area contributed by atoms with Crippen LogP contribution in [0.1, 0.15) is 17.5 Å². The lowest BCUT2D eigenvalue weighted by molar-refractivity contribution is -0.389. The largest absolute Gasteiger partial charge is 0.436 e. The van der Waals surface area contributed by atoms with Gasteiger partial charge in [-0.1, -0.05) is 0 Å². The Kier molecular flexibility index (Phi) is 4.52.